The van der Waals surface area contributed by atoms with Gasteiger partial charge in [0, 0.05) is 12.1 Å². The molecule has 2 heteroatoms. The maximum atomic E-state index is 11.0. The van der Waals surface area contributed by atoms with Gasteiger partial charge in [-0.05, 0) is 56.9 Å². The predicted octanol–water partition coefficient (Wildman–Crippen LogP) is 2.91. The minimum Gasteiger partial charge on any atom is -0.385 e. The Morgan fingerprint density at radius 3 is 2.53 bits per heavy atom. The molecule has 2 heterocycles. The molecule has 3 aliphatic rings. The van der Waals surface area contributed by atoms with Crippen molar-refractivity contribution in [2.45, 2.75) is 81.9 Å². The van der Waals surface area contributed by atoms with Gasteiger partial charge in [0.25, 0.3) is 0 Å². The molecule has 2 aliphatic heterocycles. The smallest absolute Gasteiger partial charge is 0.0886 e. The zero-order chi connectivity index (χ0) is 11.7. The number of hydrogen-bond acceptors (Lipinski definition) is 2. The highest BCUT2D eigenvalue weighted by molar-refractivity contribution is 5.21. The van der Waals surface area contributed by atoms with Crippen LogP contribution in [0, 0.1) is 0 Å². The average molecular weight is 235 g/mol. The lowest BCUT2D eigenvalue weighted by atomic mass is 9.78. The van der Waals surface area contributed by atoms with Crippen LogP contribution in [-0.4, -0.2) is 22.8 Å². The summed E-state index contributed by atoms with van der Waals surface area (Å²) in [5, 5.41) is 14.6. The molecule has 2 fully saturated rings. The van der Waals surface area contributed by atoms with Crippen LogP contribution in [0.15, 0.2) is 11.6 Å². The topological polar surface area (TPSA) is 32.3 Å². The Labute approximate surface area is 104 Å². The fourth-order valence-corrected chi connectivity index (χ4v) is 4.00. The number of fused-ring (bicyclic) bond motifs is 2. The lowest BCUT2D eigenvalue weighted by Crippen LogP contribution is -2.49. The third-order valence-electron chi connectivity index (χ3n) is 4.89. The first-order chi connectivity index (χ1) is 8.26. The first-order valence-electron chi connectivity index (χ1n) is 7.44. The van der Waals surface area contributed by atoms with E-state index in [1.807, 2.05) is 0 Å². The lowest BCUT2D eigenvalue weighted by Gasteiger charge is -2.39. The quantitative estimate of drug-likeness (QED) is 0.685. The molecule has 3 rings (SSSR count). The van der Waals surface area contributed by atoms with Crippen molar-refractivity contribution in [3.05, 3.63) is 11.6 Å². The summed E-state index contributed by atoms with van der Waals surface area (Å²) >= 11 is 0. The summed E-state index contributed by atoms with van der Waals surface area (Å²) in [5.74, 6) is 0. The predicted molar refractivity (Wildman–Crippen MR) is 69.9 cm³/mol. The summed E-state index contributed by atoms with van der Waals surface area (Å²) in [6, 6.07) is 1.15. The average Bonchev–Trinajstić information content (AvgIpc) is 2.57. The van der Waals surface area contributed by atoms with Crippen LogP contribution in [0.1, 0.15) is 64.2 Å². The van der Waals surface area contributed by atoms with Crippen molar-refractivity contribution in [1.29, 1.82) is 0 Å². The van der Waals surface area contributed by atoms with E-state index < -0.39 is 5.60 Å². The minimum absolute atomic E-state index is 0.464. The number of hydrogen-bond donors (Lipinski definition) is 2. The van der Waals surface area contributed by atoms with Gasteiger partial charge >= 0.3 is 0 Å². The summed E-state index contributed by atoms with van der Waals surface area (Å²) in [7, 11) is 0. The van der Waals surface area contributed by atoms with Gasteiger partial charge in [0.2, 0.25) is 0 Å². The summed E-state index contributed by atoms with van der Waals surface area (Å²) in [4.78, 5) is 0. The van der Waals surface area contributed by atoms with E-state index in [1.54, 1.807) is 0 Å². The Kier molecular flexibility index (Phi) is 3.27. The van der Waals surface area contributed by atoms with Crippen LogP contribution < -0.4 is 5.32 Å². The molecule has 96 valence electrons. The summed E-state index contributed by atoms with van der Waals surface area (Å²) in [6.45, 7) is 0. The molecule has 0 aromatic heterocycles. The van der Waals surface area contributed by atoms with E-state index in [-0.39, 0.29) is 0 Å². The molecular weight excluding hydrogens is 210 g/mol. The molecule has 17 heavy (non-hydrogen) atoms. The van der Waals surface area contributed by atoms with Crippen molar-refractivity contribution in [3.63, 3.8) is 0 Å². The molecule has 0 aromatic rings. The summed E-state index contributed by atoms with van der Waals surface area (Å²) < 4.78 is 0. The molecule has 0 saturated carbocycles. The zero-order valence-electron chi connectivity index (χ0n) is 10.8. The number of aliphatic hydroxyl groups is 1. The molecule has 0 radical (unpaired) electrons. The Morgan fingerprint density at radius 1 is 1.06 bits per heavy atom. The maximum Gasteiger partial charge on any atom is 0.0886 e. The normalized spacial score (nSPS) is 42.8. The molecule has 2 bridgehead atoms. The van der Waals surface area contributed by atoms with Gasteiger partial charge in [-0.1, -0.05) is 18.9 Å². The molecule has 2 unspecified atom stereocenters. The second kappa shape index (κ2) is 4.74. The van der Waals surface area contributed by atoms with E-state index in [0.717, 1.165) is 19.3 Å². The first kappa shape index (κ1) is 11.7. The van der Waals surface area contributed by atoms with E-state index in [9.17, 15) is 5.11 Å². The molecule has 1 aliphatic carbocycles. The van der Waals surface area contributed by atoms with E-state index in [0.29, 0.717) is 12.1 Å². The standard InChI is InChI=1S/C15H25NO/c17-15(10-13-8-9-14(11-15)16-13)12-6-4-2-1-3-5-7-12/h6,13-14,16-17H,1-5,7-11H2. The van der Waals surface area contributed by atoms with Crippen LogP contribution >= 0.6 is 0 Å². The zero-order valence-corrected chi connectivity index (χ0v) is 10.8. The van der Waals surface area contributed by atoms with Gasteiger partial charge in [0.05, 0.1) is 5.60 Å². The highest BCUT2D eigenvalue weighted by atomic mass is 16.3. The molecule has 0 amide bonds. The van der Waals surface area contributed by atoms with Gasteiger partial charge in [0.1, 0.15) is 0 Å². The monoisotopic (exact) mass is 235 g/mol. The van der Waals surface area contributed by atoms with Crippen LogP contribution in [0.4, 0.5) is 0 Å². The fourth-order valence-electron chi connectivity index (χ4n) is 4.00. The van der Waals surface area contributed by atoms with Crippen molar-refractivity contribution in [2.75, 3.05) is 0 Å². The fraction of sp³-hybridized carbons (Fsp3) is 0.867. The molecular formula is C15H25NO. The van der Waals surface area contributed by atoms with Crippen LogP contribution in [0.25, 0.3) is 0 Å². The molecule has 0 spiro atoms. The Bertz CT molecular complexity index is 298. The number of piperidine rings is 1. The van der Waals surface area contributed by atoms with Gasteiger partial charge in [-0.25, -0.2) is 0 Å². The van der Waals surface area contributed by atoms with E-state index in [2.05, 4.69) is 11.4 Å². The lowest BCUT2D eigenvalue weighted by molar-refractivity contribution is 0.0238. The van der Waals surface area contributed by atoms with Crippen LogP contribution in [0.3, 0.4) is 0 Å². The molecule has 2 saturated heterocycles. The highest BCUT2D eigenvalue weighted by Gasteiger charge is 2.44. The van der Waals surface area contributed by atoms with Crippen molar-refractivity contribution >= 4 is 0 Å². The van der Waals surface area contributed by atoms with E-state index >= 15 is 0 Å². The molecule has 2 atom stereocenters. The molecule has 2 nitrogen and oxygen atoms in total. The van der Waals surface area contributed by atoms with Gasteiger partial charge < -0.3 is 10.4 Å². The van der Waals surface area contributed by atoms with Crippen molar-refractivity contribution in [2.24, 2.45) is 0 Å². The molecule has 0 aromatic carbocycles. The third kappa shape index (κ3) is 2.43. The number of allylic oxidation sites excluding steroid dienone is 1. The Hall–Kier alpha value is -0.340. The van der Waals surface area contributed by atoms with Gasteiger partial charge in [0.15, 0.2) is 0 Å². The van der Waals surface area contributed by atoms with Crippen LogP contribution in [0.5, 0.6) is 0 Å². The Balaban J connectivity index is 1.76. The van der Waals surface area contributed by atoms with Gasteiger partial charge in [-0.15, -0.1) is 0 Å². The SMILES string of the molecule is OC1(C2=CCCCCCC2)CC2CCC(C1)N2. The van der Waals surface area contributed by atoms with Crippen molar-refractivity contribution in [3.8, 4) is 0 Å². The second-order valence-corrected chi connectivity index (χ2v) is 6.26. The molecule has 2 N–H and O–H groups in total. The van der Waals surface area contributed by atoms with Crippen LogP contribution in [-0.2, 0) is 0 Å². The van der Waals surface area contributed by atoms with Crippen molar-refractivity contribution < 1.29 is 5.11 Å². The second-order valence-electron chi connectivity index (χ2n) is 6.26. The van der Waals surface area contributed by atoms with E-state index in [4.69, 9.17) is 0 Å². The largest absolute Gasteiger partial charge is 0.385 e. The first-order valence-corrected chi connectivity index (χ1v) is 7.44. The van der Waals surface area contributed by atoms with Gasteiger partial charge in [-0.2, -0.15) is 0 Å². The summed E-state index contributed by atoms with van der Waals surface area (Å²) in [6.07, 6.45) is 14.4. The van der Waals surface area contributed by atoms with E-state index in [1.165, 1.54) is 50.5 Å². The van der Waals surface area contributed by atoms with Gasteiger partial charge in [-0.3, -0.25) is 0 Å². The Morgan fingerprint density at radius 2 is 1.76 bits per heavy atom. The van der Waals surface area contributed by atoms with Crippen molar-refractivity contribution in [1.82, 2.24) is 5.32 Å². The number of nitrogens with one attached hydrogen (secondary N) is 1. The number of rotatable bonds is 1. The van der Waals surface area contributed by atoms with Crippen LogP contribution in [0.2, 0.25) is 0 Å². The minimum atomic E-state index is -0.464. The third-order valence-corrected chi connectivity index (χ3v) is 4.89. The maximum absolute atomic E-state index is 11.0. The summed E-state index contributed by atoms with van der Waals surface area (Å²) in [5.41, 5.74) is 0.907. The highest BCUT2D eigenvalue weighted by Crippen LogP contribution is 2.40.